The third kappa shape index (κ3) is 3.84. The van der Waals surface area contributed by atoms with Crippen molar-refractivity contribution in [1.82, 2.24) is 9.80 Å². The van der Waals surface area contributed by atoms with Crippen molar-refractivity contribution < 1.29 is 13.9 Å². The molecule has 0 bridgehead atoms. The Morgan fingerprint density at radius 2 is 2.05 bits per heavy atom. The van der Waals surface area contributed by atoms with Crippen LogP contribution in [0.2, 0.25) is 5.02 Å². The van der Waals surface area contributed by atoms with Crippen LogP contribution in [0.5, 0.6) is 0 Å². The van der Waals surface area contributed by atoms with Crippen LogP contribution in [0, 0.1) is 5.82 Å². The molecule has 1 saturated heterocycles. The van der Waals surface area contributed by atoms with Gasteiger partial charge in [-0.15, -0.1) is 0 Å². The van der Waals surface area contributed by atoms with Gasteiger partial charge >= 0.3 is 6.09 Å². The lowest BCUT2D eigenvalue weighted by molar-refractivity contribution is 0.0778. The molecule has 0 spiro atoms. The highest BCUT2D eigenvalue weighted by molar-refractivity contribution is 6.31. The summed E-state index contributed by atoms with van der Waals surface area (Å²) in [5.41, 5.74) is 0.901. The van der Waals surface area contributed by atoms with Crippen molar-refractivity contribution in [3.63, 3.8) is 0 Å². The molecule has 0 aliphatic carbocycles. The van der Waals surface area contributed by atoms with E-state index in [4.69, 9.17) is 16.3 Å². The zero-order valence-electron chi connectivity index (χ0n) is 11.4. The number of hydrogen-bond acceptors (Lipinski definition) is 3. The van der Waals surface area contributed by atoms with Crippen molar-refractivity contribution in [2.75, 3.05) is 32.8 Å². The van der Waals surface area contributed by atoms with Gasteiger partial charge in [0.05, 0.1) is 6.61 Å². The molecule has 110 valence electrons. The molecular formula is C14H18ClFN2O2. The molecule has 2 rings (SSSR count). The highest BCUT2D eigenvalue weighted by atomic mass is 35.5. The van der Waals surface area contributed by atoms with Crippen molar-refractivity contribution >= 4 is 17.7 Å². The third-order valence-electron chi connectivity index (χ3n) is 3.31. The van der Waals surface area contributed by atoms with Gasteiger partial charge in [0, 0.05) is 37.7 Å². The molecule has 0 radical (unpaired) electrons. The number of carbonyl (C=O) groups excluding carboxylic acids is 1. The van der Waals surface area contributed by atoms with Crippen molar-refractivity contribution in [3.05, 3.63) is 34.6 Å². The zero-order valence-corrected chi connectivity index (χ0v) is 12.2. The molecule has 1 aromatic rings. The van der Waals surface area contributed by atoms with Crippen LogP contribution in [0.1, 0.15) is 12.5 Å². The van der Waals surface area contributed by atoms with E-state index in [0.29, 0.717) is 31.3 Å². The summed E-state index contributed by atoms with van der Waals surface area (Å²) in [4.78, 5) is 15.5. The van der Waals surface area contributed by atoms with Gasteiger partial charge in [-0.25, -0.2) is 9.18 Å². The van der Waals surface area contributed by atoms with Crippen LogP contribution < -0.4 is 0 Å². The summed E-state index contributed by atoms with van der Waals surface area (Å²) in [6, 6.07) is 4.44. The monoisotopic (exact) mass is 300 g/mol. The number of hydrogen-bond donors (Lipinski definition) is 0. The lowest BCUT2D eigenvalue weighted by Crippen LogP contribution is -2.48. The topological polar surface area (TPSA) is 32.8 Å². The maximum absolute atomic E-state index is 13.0. The second-order valence-electron chi connectivity index (χ2n) is 4.70. The average molecular weight is 301 g/mol. The first-order valence-electron chi connectivity index (χ1n) is 6.68. The fraction of sp³-hybridized carbons (Fsp3) is 0.500. The lowest BCUT2D eigenvalue weighted by atomic mass is 10.2. The number of benzene rings is 1. The van der Waals surface area contributed by atoms with E-state index in [1.165, 1.54) is 12.1 Å². The standard InChI is InChI=1S/C14H18ClFN2O2/c1-2-20-14(19)18-7-5-17(6-8-18)10-11-3-4-12(16)9-13(11)15/h3-4,9H,2,5-8,10H2,1H3. The second-order valence-corrected chi connectivity index (χ2v) is 5.11. The Balaban J connectivity index is 1.86. The predicted octanol–water partition coefficient (Wildman–Crippen LogP) is 2.75. The fourth-order valence-electron chi connectivity index (χ4n) is 2.19. The first-order valence-corrected chi connectivity index (χ1v) is 7.06. The molecule has 1 aliphatic heterocycles. The third-order valence-corrected chi connectivity index (χ3v) is 3.66. The minimum Gasteiger partial charge on any atom is -0.450 e. The Labute approximate surface area is 123 Å². The first kappa shape index (κ1) is 15.1. The van der Waals surface area contributed by atoms with Gasteiger partial charge in [0.15, 0.2) is 0 Å². The Hall–Kier alpha value is -1.33. The summed E-state index contributed by atoms with van der Waals surface area (Å²) < 4.78 is 18.0. The van der Waals surface area contributed by atoms with Crippen LogP contribution in [0.25, 0.3) is 0 Å². The van der Waals surface area contributed by atoms with E-state index in [-0.39, 0.29) is 11.9 Å². The van der Waals surface area contributed by atoms with E-state index in [2.05, 4.69) is 4.90 Å². The number of piperazine rings is 1. The number of nitrogens with zero attached hydrogens (tertiary/aromatic N) is 2. The van der Waals surface area contributed by atoms with Gasteiger partial charge in [-0.05, 0) is 24.6 Å². The van der Waals surface area contributed by atoms with Gasteiger partial charge in [0.2, 0.25) is 0 Å². The minimum atomic E-state index is -0.328. The van der Waals surface area contributed by atoms with Crippen molar-refractivity contribution in [2.24, 2.45) is 0 Å². The van der Waals surface area contributed by atoms with Gasteiger partial charge in [-0.1, -0.05) is 17.7 Å². The number of amides is 1. The minimum absolute atomic E-state index is 0.257. The molecule has 4 nitrogen and oxygen atoms in total. The molecule has 0 N–H and O–H groups in total. The molecule has 1 aliphatic rings. The molecule has 0 atom stereocenters. The molecular weight excluding hydrogens is 283 g/mol. The maximum Gasteiger partial charge on any atom is 0.409 e. The van der Waals surface area contributed by atoms with Crippen molar-refractivity contribution in [2.45, 2.75) is 13.5 Å². The summed E-state index contributed by atoms with van der Waals surface area (Å²) >= 11 is 6.02. The van der Waals surface area contributed by atoms with Gasteiger partial charge in [0.25, 0.3) is 0 Å². The second kappa shape index (κ2) is 6.90. The Kier molecular flexibility index (Phi) is 5.20. The normalized spacial score (nSPS) is 16.2. The molecule has 6 heteroatoms. The molecule has 1 fully saturated rings. The van der Waals surface area contributed by atoms with Crippen molar-refractivity contribution in [1.29, 1.82) is 0 Å². The molecule has 20 heavy (non-hydrogen) atoms. The Bertz CT molecular complexity index is 476. The Morgan fingerprint density at radius 3 is 2.65 bits per heavy atom. The fourth-order valence-corrected chi connectivity index (χ4v) is 2.42. The maximum atomic E-state index is 13.0. The molecule has 0 saturated carbocycles. The smallest absolute Gasteiger partial charge is 0.409 e. The first-order chi connectivity index (χ1) is 9.60. The average Bonchev–Trinajstić information content (AvgIpc) is 2.43. The van der Waals surface area contributed by atoms with Gasteiger partial charge < -0.3 is 9.64 Å². The zero-order chi connectivity index (χ0) is 14.5. The molecule has 0 unspecified atom stereocenters. The molecule has 1 amide bonds. The van der Waals surface area contributed by atoms with Crippen LogP contribution in [-0.2, 0) is 11.3 Å². The predicted molar refractivity (Wildman–Crippen MR) is 75.3 cm³/mol. The number of carbonyl (C=O) groups is 1. The summed E-state index contributed by atoms with van der Waals surface area (Å²) in [6.45, 7) is 5.64. The molecule has 0 aromatic heterocycles. The van der Waals surface area contributed by atoms with Gasteiger partial charge in [-0.3, -0.25) is 4.90 Å². The van der Waals surface area contributed by atoms with Crippen molar-refractivity contribution in [3.8, 4) is 0 Å². The summed E-state index contributed by atoms with van der Waals surface area (Å²) in [6.07, 6.45) is -0.257. The van der Waals surface area contributed by atoms with E-state index >= 15 is 0 Å². The van der Waals surface area contributed by atoms with Crippen LogP contribution in [0.3, 0.4) is 0 Å². The lowest BCUT2D eigenvalue weighted by Gasteiger charge is -2.34. The summed E-state index contributed by atoms with van der Waals surface area (Å²) in [5, 5.41) is 0.442. The van der Waals surface area contributed by atoms with E-state index in [9.17, 15) is 9.18 Å². The number of rotatable bonds is 3. The van der Waals surface area contributed by atoms with Crippen LogP contribution in [0.15, 0.2) is 18.2 Å². The SMILES string of the molecule is CCOC(=O)N1CCN(Cc2ccc(F)cc2Cl)CC1. The van der Waals surface area contributed by atoms with E-state index in [1.807, 2.05) is 0 Å². The quantitative estimate of drug-likeness (QED) is 0.860. The number of halogens is 2. The largest absolute Gasteiger partial charge is 0.450 e. The van der Waals surface area contributed by atoms with Crippen LogP contribution in [0.4, 0.5) is 9.18 Å². The number of ether oxygens (including phenoxy) is 1. The summed E-state index contributed by atoms with van der Waals surface area (Å²) in [7, 11) is 0. The molecule has 1 aromatic carbocycles. The highest BCUT2D eigenvalue weighted by Gasteiger charge is 2.22. The van der Waals surface area contributed by atoms with Gasteiger partial charge in [-0.2, -0.15) is 0 Å². The Morgan fingerprint density at radius 1 is 1.35 bits per heavy atom. The van der Waals surface area contributed by atoms with E-state index in [1.54, 1.807) is 17.9 Å². The highest BCUT2D eigenvalue weighted by Crippen LogP contribution is 2.19. The summed E-state index contributed by atoms with van der Waals surface area (Å²) in [5.74, 6) is -0.328. The van der Waals surface area contributed by atoms with E-state index in [0.717, 1.165) is 18.7 Å². The van der Waals surface area contributed by atoms with Crippen LogP contribution in [-0.4, -0.2) is 48.7 Å². The van der Waals surface area contributed by atoms with Crippen LogP contribution >= 0.6 is 11.6 Å². The van der Waals surface area contributed by atoms with Gasteiger partial charge in [0.1, 0.15) is 5.82 Å². The molecule has 1 heterocycles. The van der Waals surface area contributed by atoms with E-state index < -0.39 is 0 Å².